The molecule has 0 bridgehead atoms. The molecule has 10 nitrogen and oxygen atoms in total. The van der Waals surface area contributed by atoms with Crippen LogP contribution in [0.2, 0.25) is 0 Å². The molecule has 0 fully saturated rings. The fourth-order valence-corrected chi connectivity index (χ4v) is 4.55. The fraction of sp³-hybridized carbons (Fsp3) is 0.154. The van der Waals surface area contributed by atoms with Crippen LogP contribution in [-0.2, 0) is 16.6 Å². The molecule has 2 N–H and O–H groups in total. The van der Waals surface area contributed by atoms with Crippen molar-refractivity contribution in [2.24, 2.45) is 0 Å². The minimum Gasteiger partial charge on any atom is -0.493 e. The number of aromatic nitrogens is 1. The summed E-state index contributed by atoms with van der Waals surface area (Å²) in [5.41, 5.74) is 1.01. The van der Waals surface area contributed by atoms with Gasteiger partial charge >= 0.3 is 5.97 Å². The quantitative estimate of drug-likeness (QED) is 0.301. The summed E-state index contributed by atoms with van der Waals surface area (Å²) in [5, 5.41) is 9.53. The summed E-state index contributed by atoms with van der Waals surface area (Å²) < 4.78 is 50.0. The zero-order valence-corrected chi connectivity index (χ0v) is 21.0. The first-order valence-corrected chi connectivity index (χ1v) is 12.5. The Kier molecular flexibility index (Phi) is 7.35. The molecule has 4 rings (SSSR count). The van der Waals surface area contributed by atoms with Crippen molar-refractivity contribution >= 4 is 21.7 Å². The van der Waals surface area contributed by atoms with Crippen LogP contribution in [0.1, 0.15) is 21.8 Å². The Hall–Kier alpha value is -4.51. The molecule has 0 aliphatic rings. The third-order valence-electron chi connectivity index (χ3n) is 5.42. The molecule has 1 heterocycles. The first-order chi connectivity index (χ1) is 17.7. The highest BCUT2D eigenvalue weighted by Crippen LogP contribution is 2.34. The van der Waals surface area contributed by atoms with Crippen molar-refractivity contribution in [3.8, 4) is 28.7 Å². The van der Waals surface area contributed by atoms with Crippen LogP contribution in [0, 0.1) is 6.92 Å². The summed E-state index contributed by atoms with van der Waals surface area (Å²) >= 11 is 0. The summed E-state index contributed by atoms with van der Waals surface area (Å²) in [6.07, 6.45) is 0. The number of sulfonamides is 1. The minimum absolute atomic E-state index is 0.0880. The first kappa shape index (κ1) is 25.6. The number of anilines is 1. The molecule has 0 aliphatic heterocycles. The van der Waals surface area contributed by atoms with Crippen molar-refractivity contribution in [3.05, 3.63) is 83.7 Å². The van der Waals surface area contributed by atoms with Crippen molar-refractivity contribution in [1.29, 1.82) is 0 Å². The van der Waals surface area contributed by atoms with E-state index in [0.717, 1.165) is 5.56 Å². The second kappa shape index (κ2) is 10.6. The molecule has 0 saturated heterocycles. The average Bonchev–Trinajstić information content (AvgIpc) is 3.28. The van der Waals surface area contributed by atoms with Gasteiger partial charge < -0.3 is 23.7 Å². The van der Waals surface area contributed by atoms with E-state index in [4.69, 9.17) is 18.6 Å². The number of hydrogen-bond donors (Lipinski definition) is 2. The molecular weight excluding hydrogens is 500 g/mol. The largest absolute Gasteiger partial charge is 0.493 e. The number of nitrogens with one attached hydrogen (secondary N) is 1. The van der Waals surface area contributed by atoms with Crippen LogP contribution in [0.25, 0.3) is 11.5 Å². The molecule has 0 amide bonds. The molecule has 3 aromatic carbocycles. The highest BCUT2D eigenvalue weighted by Gasteiger charge is 2.22. The molecule has 0 atom stereocenters. The Bertz CT molecular complexity index is 1510. The molecule has 192 valence electrons. The van der Waals surface area contributed by atoms with Gasteiger partial charge in [0.1, 0.15) is 23.8 Å². The third kappa shape index (κ3) is 5.67. The molecule has 37 heavy (non-hydrogen) atoms. The first-order valence-electron chi connectivity index (χ1n) is 11.0. The third-order valence-corrected chi connectivity index (χ3v) is 6.80. The van der Waals surface area contributed by atoms with Gasteiger partial charge in [-0.05, 0) is 43.3 Å². The van der Waals surface area contributed by atoms with Gasteiger partial charge in [-0.3, -0.25) is 4.72 Å². The summed E-state index contributed by atoms with van der Waals surface area (Å²) in [6.45, 7) is 1.92. The van der Waals surface area contributed by atoms with Gasteiger partial charge in [0.2, 0.25) is 5.89 Å². The van der Waals surface area contributed by atoms with E-state index in [2.05, 4.69) is 9.71 Å². The lowest BCUT2D eigenvalue weighted by Crippen LogP contribution is -2.16. The van der Waals surface area contributed by atoms with Crippen LogP contribution < -0.4 is 18.9 Å². The lowest BCUT2D eigenvalue weighted by atomic mass is 10.1. The topological polar surface area (TPSA) is 137 Å². The van der Waals surface area contributed by atoms with E-state index < -0.39 is 16.0 Å². The fourth-order valence-electron chi connectivity index (χ4n) is 3.48. The van der Waals surface area contributed by atoms with Gasteiger partial charge in [-0.2, -0.15) is 0 Å². The number of benzene rings is 3. The second-order valence-electron chi connectivity index (χ2n) is 7.81. The summed E-state index contributed by atoms with van der Waals surface area (Å²) in [7, 11) is -1.41. The highest BCUT2D eigenvalue weighted by atomic mass is 32.2. The Labute approximate surface area is 213 Å². The molecule has 1 aromatic heterocycles. The Morgan fingerprint density at radius 1 is 1.00 bits per heavy atom. The summed E-state index contributed by atoms with van der Waals surface area (Å²) in [5.74, 6) is 0.516. The number of hydrogen-bond acceptors (Lipinski definition) is 8. The number of rotatable bonds is 10. The second-order valence-corrected chi connectivity index (χ2v) is 9.49. The molecule has 0 aliphatic carbocycles. The standard InChI is InChI=1S/C26H24N2O8S/c1-16-22(27-25(36-16)17-7-5-4-6-8-17)15-35-18-9-11-19(12-10-18)37(31,32)28-21-14-24(34-3)23(33-2)13-20(21)26(29)30/h4-14,28H,15H2,1-3H3,(H,29,30). The number of methoxy groups -OCH3 is 2. The SMILES string of the molecule is COc1cc(NS(=O)(=O)c2ccc(OCc3nc(-c4ccccc4)oc3C)cc2)c(C(=O)O)cc1OC. The minimum atomic E-state index is -4.12. The Morgan fingerprint density at radius 3 is 2.27 bits per heavy atom. The number of aryl methyl sites for hydroxylation is 1. The molecular formula is C26H24N2O8S. The Balaban J connectivity index is 1.49. The van der Waals surface area contributed by atoms with E-state index in [0.29, 0.717) is 23.1 Å². The average molecular weight is 525 g/mol. The van der Waals surface area contributed by atoms with Gasteiger partial charge in [-0.25, -0.2) is 18.2 Å². The smallest absolute Gasteiger partial charge is 0.337 e. The van der Waals surface area contributed by atoms with Crippen molar-refractivity contribution in [3.63, 3.8) is 0 Å². The molecule has 0 saturated carbocycles. The number of carboxylic acid groups (broad SMARTS) is 1. The van der Waals surface area contributed by atoms with Crippen molar-refractivity contribution in [2.75, 3.05) is 18.9 Å². The summed E-state index contributed by atoms with van der Waals surface area (Å²) in [6, 6.07) is 17.6. The van der Waals surface area contributed by atoms with Crippen LogP contribution in [0.3, 0.4) is 0 Å². The van der Waals surface area contributed by atoms with E-state index in [1.165, 1.54) is 50.6 Å². The maximum Gasteiger partial charge on any atom is 0.337 e. The predicted molar refractivity (Wildman–Crippen MR) is 135 cm³/mol. The van der Waals surface area contributed by atoms with Crippen LogP contribution in [0.4, 0.5) is 5.69 Å². The number of aromatic carboxylic acids is 1. The van der Waals surface area contributed by atoms with E-state index in [-0.39, 0.29) is 34.3 Å². The molecule has 0 spiro atoms. The lowest BCUT2D eigenvalue weighted by molar-refractivity contribution is 0.0697. The zero-order chi connectivity index (χ0) is 26.6. The van der Waals surface area contributed by atoms with E-state index in [1.54, 1.807) is 6.92 Å². The highest BCUT2D eigenvalue weighted by molar-refractivity contribution is 7.92. The number of nitrogens with zero attached hydrogens (tertiary/aromatic N) is 1. The van der Waals surface area contributed by atoms with Crippen LogP contribution in [-0.4, -0.2) is 38.7 Å². The number of oxazole rings is 1. The predicted octanol–water partition coefficient (Wildman–Crippen LogP) is 4.75. The number of carbonyl (C=O) groups is 1. The van der Waals surface area contributed by atoms with Gasteiger partial charge in [-0.1, -0.05) is 18.2 Å². The maximum absolute atomic E-state index is 13.0. The van der Waals surface area contributed by atoms with Crippen molar-refractivity contribution in [2.45, 2.75) is 18.4 Å². The van der Waals surface area contributed by atoms with Crippen LogP contribution in [0.15, 0.2) is 76.0 Å². The number of carboxylic acids is 1. The van der Waals surface area contributed by atoms with Crippen molar-refractivity contribution < 1.29 is 36.9 Å². The van der Waals surface area contributed by atoms with E-state index in [9.17, 15) is 18.3 Å². The normalized spacial score (nSPS) is 11.1. The van der Waals surface area contributed by atoms with Gasteiger partial charge in [-0.15, -0.1) is 0 Å². The lowest BCUT2D eigenvalue weighted by Gasteiger charge is -2.15. The molecule has 4 aromatic rings. The van der Waals surface area contributed by atoms with Crippen LogP contribution >= 0.6 is 0 Å². The van der Waals surface area contributed by atoms with Crippen molar-refractivity contribution in [1.82, 2.24) is 4.98 Å². The monoisotopic (exact) mass is 524 g/mol. The van der Waals surface area contributed by atoms with Gasteiger partial charge in [0.25, 0.3) is 10.0 Å². The zero-order valence-electron chi connectivity index (χ0n) is 20.2. The van der Waals surface area contributed by atoms with Gasteiger partial charge in [0.15, 0.2) is 11.5 Å². The van der Waals surface area contributed by atoms with Crippen LogP contribution in [0.5, 0.6) is 17.2 Å². The molecule has 0 unspecified atom stereocenters. The van der Waals surface area contributed by atoms with Gasteiger partial charge in [0, 0.05) is 17.7 Å². The van der Waals surface area contributed by atoms with Gasteiger partial charge in [0.05, 0.1) is 30.4 Å². The molecule has 11 heteroatoms. The summed E-state index contributed by atoms with van der Waals surface area (Å²) in [4.78, 5) is 16.1. The van der Waals surface area contributed by atoms with E-state index in [1.807, 2.05) is 30.3 Å². The van der Waals surface area contributed by atoms with E-state index >= 15 is 0 Å². The Morgan fingerprint density at radius 2 is 1.65 bits per heavy atom. The molecule has 0 radical (unpaired) electrons. The number of ether oxygens (including phenoxy) is 3. The maximum atomic E-state index is 13.0.